The van der Waals surface area contributed by atoms with Gasteiger partial charge in [-0.1, -0.05) is 0 Å². The van der Waals surface area contributed by atoms with Crippen molar-refractivity contribution in [2.75, 3.05) is 6.61 Å². The van der Waals surface area contributed by atoms with Gasteiger partial charge in [-0.2, -0.15) is 5.26 Å². The summed E-state index contributed by atoms with van der Waals surface area (Å²) < 4.78 is 30.9. The lowest BCUT2D eigenvalue weighted by molar-refractivity contribution is 0.289. The molecule has 0 saturated carbocycles. The largest absolute Gasteiger partial charge is 0.490 e. The van der Waals surface area contributed by atoms with Gasteiger partial charge in [0.1, 0.15) is 5.82 Å². The average molecular weight is 225 g/mol. The molecule has 1 aromatic rings. The fourth-order valence-corrected chi connectivity index (χ4v) is 1.25. The quantitative estimate of drug-likeness (QED) is 0.695. The Morgan fingerprint density at radius 2 is 2.00 bits per heavy atom. The Morgan fingerprint density at radius 3 is 2.75 bits per heavy atom. The monoisotopic (exact) mass is 225 g/mol. The molecule has 0 amide bonds. The molecule has 0 aromatic heterocycles. The van der Waals surface area contributed by atoms with E-state index in [4.69, 9.17) is 10.00 Å². The number of rotatable bonds is 6. The predicted octanol–water partition coefficient (Wildman–Crippen LogP) is 3.43. The fraction of sp³-hybridized carbons (Fsp3) is 0.417. The van der Waals surface area contributed by atoms with Gasteiger partial charge < -0.3 is 4.74 Å². The van der Waals surface area contributed by atoms with Crippen LogP contribution >= 0.6 is 0 Å². The normalized spacial score (nSPS) is 9.81. The summed E-state index contributed by atoms with van der Waals surface area (Å²) in [7, 11) is 0. The molecule has 0 fully saturated rings. The molecular weight excluding hydrogens is 212 g/mol. The van der Waals surface area contributed by atoms with E-state index < -0.39 is 11.6 Å². The van der Waals surface area contributed by atoms with Gasteiger partial charge >= 0.3 is 0 Å². The number of nitrogens with zero attached hydrogens (tertiary/aromatic N) is 1. The van der Waals surface area contributed by atoms with Crippen molar-refractivity contribution in [3.05, 3.63) is 29.8 Å². The molecule has 1 aromatic carbocycles. The molecule has 1 rings (SSSR count). The van der Waals surface area contributed by atoms with Crippen molar-refractivity contribution in [1.82, 2.24) is 0 Å². The van der Waals surface area contributed by atoms with Crippen LogP contribution in [0.4, 0.5) is 8.78 Å². The van der Waals surface area contributed by atoms with E-state index in [0.717, 1.165) is 37.5 Å². The first-order chi connectivity index (χ1) is 7.74. The fourth-order valence-electron chi connectivity index (χ4n) is 1.25. The van der Waals surface area contributed by atoms with Gasteiger partial charge in [-0.05, 0) is 31.4 Å². The minimum atomic E-state index is -0.557. The summed E-state index contributed by atoms with van der Waals surface area (Å²) in [6, 6.07) is 5.17. The maximum Gasteiger partial charge on any atom is 0.165 e. The highest BCUT2D eigenvalue weighted by Gasteiger charge is 2.04. The van der Waals surface area contributed by atoms with Crippen molar-refractivity contribution in [1.29, 1.82) is 5.26 Å². The highest BCUT2D eigenvalue weighted by Crippen LogP contribution is 2.18. The minimum absolute atomic E-state index is 0.0553. The second kappa shape index (κ2) is 6.78. The van der Waals surface area contributed by atoms with Crippen molar-refractivity contribution in [2.24, 2.45) is 0 Å². The van der Waals surface area contributed by atoms with Gasteiger partial charge in [0.2, 0.25) is 0 Å². The number of ether oxygens (including phenoxy) is 1. The van der Waals surface area contributed by atoms with Crippen LogP contribution in [-0.4, -0.2) is 6.61 Å². The van der Waals surface area contributed by atoms with Gasteiger partial charge in [-0.3, -0.25) is 0 Å². The highest BCUT2D eigenvalue weighted by atomic mass is 19.1. The van der Waals surface area contributed by atoms with Gasteiger partial charge in [0.15, 0.2) is 11.6 Å². The molecule has 4 heteroatoms. The lowest BCUT2D eigenvalue weighted by Crippen LogP contribution is -1.99. The van der Waals surface area contributed by atoms with E-state index in [0.29, 0.717) is 13.0 Å². The van der Waals surface area contributed by atoms with E-state index in [2.05, 4.69) is 0 Å². The SMILES string of the molecule is N#CCCCCCOc1cc(F)ccc1F. The second-order valence-electron chi connectivity index (χ2n) is 3.39. The number of hydrogen-bond donors (Lipinski definition) is 0. The molecule has 2 nitrogen and oxygen atoms in total. The molecule has 0 atom stereocenters. The molecule has 16 heavy (non-hydrogen) atoms. The first kappa shape index (κ1) is 12.4. The zero-order valence-corrected chi connectivity index (χ0v) is 8.88. The lowest BCUT2D eigenvalue weighted by atomic mass is 10.2. The smallest absolute Gasteiger partial charge is 0.165 e. The topological polar surface area (TPSA) is 33.0 Å². The van der Waals surface area contributed by atoms with E-state index >= 15 is 0 Å². The molecular formula is C12H13F2NO. The van der Waals surface area contributed by atoms with Crippen LogP contribution in [0.15, 0.2) is 18.2 Å². The van der Waals surface area contributed by atoms with Crippen LogP contribution in [0.25, 0.3) is 0 Å². The third-order valence-electron chi connectivity index (χ3n) is 2.08. The summed E-state index contributed by atoms with van der Waals surface area (Å²) in [6.07, 6.45) is 2.92. The Kier molecular flexibility index (Phi) is 5.27. The van der Waals surface area contributed by atoms with E-state index in [1.54, 1.807) is 0 Å². The van der Waals surface area contributed by atoms with Gasteiger partial charge in [0.05, 0.1) is 12.7 Å². The Morgan fingerprint density at radius 1 is 1.19 bits per heavy atom. The molecule has 0 aliphatic heterocycles. The van der Waals surface area contributed by atoms with Crippen molar-refractivity contribution in [2.45, 2.75) is 25.7 Å². The molecule has 0 aliphatic rings. The Labute approximate surface area is 93.5 Å². The molecule has 0 saturated heterocycles. The van der Waals surface area contributed by atoms with Gasteiger partial charge in [-0.15, -0.1) is 0 Å². The number of benzene rings is 1. The van der Waals surface area contributed by atoms with E-state index in [1.807, 2.05) is 6.07 Å². The zero-order chi connectivity index (χ0) is 11.8. The van der Waals surface area contributed by atoms with Crippen molar-refractivity contribution >= 4 is 0 Å². The summed E-state index contributed by atoms with van der Waals surface area (Å²) >= 11 is 0. The number of halogens is 2. The van der Waals surface area contributed by atoms with Crippen molar-refractivity contribution in [3.8, 4) is 11.8 Å². The summed E-state index contributed by atoms with van der Waals surface area (Å²) in [5.74, 6) is -1.13. The van der Waals surface area contributed by atoms with Crippen molar-refractivity contribution in [3.63, 3.8) is 0 Å². The molecule has 86 valence electrons. The Bertz CT molecular complexity index is 374. The first-order valence-electron chi connectivity index (χ1n) is 5.19. The summed E-state index contributed by atoms with van der Waals surface area (Å²) in [4.78, 5) is 0. The zero-order valence-electron chi connectivity index (χ0n) is 8.88. The standard InChI is InChI=1S/C12H13F2NO/c13-10-5-6-11(14)12(9-10)16-8-4-2-1-3-7-15/h5-6,9H,1-4,8H2. The number of nitriles is 1. The average Bonchev–Trinajstić information content (AvgIpc) is 2.28. The van der Waals surface area contributed by atoms with E-state index in [1.165, 1.54) is 0 Å². The third kappa shape index (κ3) is 4.26. The van der Waals surface area contributed by atoms with Crippen LogP contribution in [0, 0.1) is 23.0 Å². The summed E-state index contributed by atoms with van der Waals surface area (Å²) in [5.41, 5.74) is 0. The highest BCUT2D eigenvalue weighted by molar-refractivity contribution is 5.24. The Hall–Kier alpha value is -1.63. The van der Waals surface area contributed by atoms with Gasteiger partial charge in [0.25, 0.3) is 0 Å². The van der Waals surface area contributed by atoms with Crippen LogP contribution in [-0.2, 0) is 0 Å². The first-order valence-corrected chi connectivity index (χ1v) is 5.19. The van der Waals surface area contributed by atoms with Crippen molar-refractivity contribution < 1.29 is 13.5 Å². The maximum atomic E-state index is 13.1. The summed E-state index contributed by atoms with van der Waals surface area (Å²) in [5, 5.41) is 8.30. The second-order valence-corrected chi connectivity index (χ2v) is 3.39. The number of hydrogen-bond acceptors (Lipinski definition) is 2. The van der Waals surface area contributed by atoms with Crippen LogP contribution < -0.4 is 4.74 Å². The molecule has 0 spiro atoms. The maximum absolute atomic E-state index is 13.1. The van der Waals surface area contributed by atoms with Gasteiger partial charge in [0, 0.05) is 12.5 Å². The third-order valence-corrected chi connectivity index (χ3v) is 2.08. The van der Waals surface area contributed by atoms with E-state index in [-0.39, 0.29) is 5.75 Å². The molecule has 0 aliphatic carbocycles. The molecule has 0 radical (unpaired) electrons. The van der Waals surface area contributed by atoms with Crippen LogP contribution in [0.2, 0.25) is 0 Å². The predicted molar refractivity (Wildman–Crippen MR) is 55.9 cm³/mol. The van der Waals surface area contributed by atoms with E-state index in [9.17, 15) is 8.78 Å². The lowest BCUT2D eigenvalue weighted by Gasteiger charge is -2.06. The minimum Gasteiger partial charge on any atom is -0.490 e. The van der Waals surface area contributed by atoms with Gasteiger partial charge in [-0.25, -0.2) is 8.78 Å². The molecule has 0 N–H and O–H groups in total. The van der Waals surface area contributed by atoms with Crippen LogP contribution in [0.1, 0.15) is 25.7 Å². The molecule has 0 heterocycles. The van der Waals surface area contributed by atoms with Crippen LogP contribution in [0.3, 0.4) is 0 Å². The molecule has 0 bridgehead atoms. The van der Waals surface area contributed by atoms with Crippen LogP contribution in [0.5, 0.6) is 5.75 Å². The number of unbranched alkanes of at least 4 members (excludes halogenated alkanes) is 3. The summed E-state index contributed by atoms with van der Waals surface area (Å²) in [6.45, 7) is 0.339. The molecule has 0 unspecified atom stereocenters. The Balaban J connectivity index is 2.27.